The second-order valence-corrected chi connectivity index (χ2v) is 23.6. The molecule has 332 valence electrons. The molecule has 7 fully saturated rings. The zero-order valence-corrected chi connectivity index (χ0v) is 38.0. The highest BCUT2D eigenvalue weighted by molar-refractivity contribution is 7.90. The van der Waals surface area contributed by atoms with E-state index in [2.05, 4.69) is 53.3 Å². The van der Waals surface area contributed by atoms with E-state index in [9.17, 15) is 27.6 Å². The third-order valence-electron chi connectivity index (χ3n) is 17.1. The number of nitrogens with one attached hydrogen (secondary N) is 4. The molecule has 7 aliphatic rings. The van der Waals surface area contributed by atoms with Crippen LogP contribution in [0.1, 0.15) is 165 Å². The zero-order valence-electron chi connectivity index (χ0n) is 37.2. The van der Waals surface area contributed by atoms with Gasteiger partial charge in [-0.3, -0.25) is 33.6 Å². The van der Waals surface area contributed by atoms with Crippen molar-refractivity contribution < 1.29 is 32.4 Å². The summed E-state index contributed by atoms with van der Waals surface area (Å²) in [6.07, 6.45) is 13.7. The fourth-order valence-corrected chi connectivity index (χ4v) is 14.2. The Labute approximate surface area is 353 Å². The number of carbonyl (C=O) groups excluding carboxylic acids is 5. The van der Waals surface area contributed by atoms with Crippen LogP contribution < -0.4 is 20.7 Å². The normalized spacial score (nSPS) is 32.8. The van der Waals surface area contributed by atoms with Gasteiger partial charge in [0, 0.05) is 18.0 Å². The van der Waals surface area contributed by atoms with Crippen LogP contribution in [-0.4, -0.2) is 102 Å². The molecule has 5 amide bonds. The van der Waals surface area contributed by atoms with Crippen LogP contribution in [0.25, 0.3) is 0 Å². The van der Waals surface area contributed by atoms with E-state index in [0.29, 0.717) is 38.6 Å². The van der Waals surface area contributed by atoms with E-state index in [4.69, 9.17) is 0 Å². The van der Waals surface area contributed by atoms with Crippen molar-refractivity contribution in [1.29, 1.82) is 0 Å². The number of amides is 5. The maximum atomic E-state index is 15.3. The number of likely N-dealkylation sites (tertiary alicyclic amines) is 2. The highest BCUT2D eigenvalue weighted by atomic mass is 32.2. The van der Waals surface area contributed by atoms with Crippen molar-refractivity contribution in [3.8, 4) is 0 Å². The Morgan fingerprint density at radius 2 is 1.44 bits per heavy atom. The number of nitrogens with zero attached hydrogens (tertiary/aromatic N) is 2. The van der Waals surface area contributed by atoms with E-state index >= 15 is 4.79 Å². The standard InChI is InChI=1S/C45H74N6O7S/c1-9-30-25-45(30,40(56)49-59(57,58)31-19-15-20-31)48-37(53)33-26-44(42(7,8)43(44)22-16-23-43)27-51(33)39(55)35(41(4,5)6)47-38(54)34(29-17-11-10-12-18-29)46-36(52)32-21-13-14-24-50(32)28(2)3/h28-35H,9-27H2,1-8H3,(H,46,52)(H,47,54)(H,48,53)(H,49,56)/t30-,32+,33+,34+,35-,44-,45-/m1/s1. The molecule has 13 nitrogen and oxygen atoms in total. The van der Waals surface area contributed by atoms with Gasteiger partial charge in [0.2, 0.25) is 33.7 Å². The van der Waals surface area contributed by atoms with Crippen molar-refractivity contribution in [2.24, 2.45) is 33.5 Å². The van der Waals surface area contributed by atoms with E-state index in [0.717, 1.165) is 83.6 Å². The molecule has 5 aliphatic carbocycles. The van der Waals surface area contributed by atoms with E-state index in [1.165, 1.54) is 0 Å². The van der Waals surface area contributed by atoms with Crippen LogP contribution in [0, 0.1) is 33.5 Å². The minimum Gasteiger partial charge on any atom is -0.343 e. The second kappa shape index (κ2) is 15.9. The Morgan fingerprint density at radius 3 is 1.97 bits per heavy atom. The lowest BCUT2D eigenvalue weighted by atomic mass is 9.73. The van der Waals surface area contributed by atoms with Gasteiger partial charge in [0.05, 0.1) is 11.3 Å². The topological polar surface area (TPSA) is 174 Å². The lowest BCUT2D eigenvalue weighted by molar-refractivity contribution is -0.145. The summed E-state index contributed by atoms with van der Waals surface area (Å²) in [7, 11) is -3.87. The first kappa shape index (κ1) is 44.3. The Kier molecular flexibility index (Phi) is 11.9. The molecular formula is C45H74N6O7S. The minimum absolute atomic E-state index is 0.00479. The average molecular weight is 843 g/mol. The summed E-state index contributed by atoms with van der Waals surface area (Å²) in [6, 6.07) is -2.82. The number of rotatable bonds is 13. The molecule has 2 heterocycles. The van der Waals surface area contributed by atoms with Crippen molar-refractivity contribution in [2.75, 3.05) is 13.1 Å². The van der Waals surface area contributed by atoms with Gasteiger partial charge < -0.3 is 20.9 Å². The van der Waals surface area contributed by atoms with Gasteiger partial charge in [0.25, 0.3) is 5.91 Å². The highest BCUT2D eigenvalue weighted by Crippen LogP contribution is 2.88. The van der Waals surface area contributed by atoms with Crippen LogP contribution in [0.2, 0.25) is 0 Å². The molecule has 4 N–H and O–H groups in total. The number of piperidine rings is 1. The Morgan fingerprint density at radius 1 is 0.780 bits per heavy atom. The maximum absolute atomic E-state index is 15.3. The fourth-order valence-electron chi connectivity index (χ4n) is 12.7. The third kappa shape index (κ3) is 7.53. The van der Waals surface area contributed by atoms with E-state index in [1.54, 1.807) is 4.90 Å². The van der Waals surface area contributed by atoms with Crippen LogP contribution in [0.3, 0.4) is 0 Å². The summed E-state index contributed by atoms with van der Waals surface area (Å²) in [4.78, 5) is 76.6. The second-order valence-electron chi connectivity index (χ2n) is 21.7. The van der Waals surface area contributed by atoms with Gasteiger partial charge in [-0.15, -0.1) is 0 Å². The SMILES string of the molecule is CC[C@@H]1C[C@]1(NC(=O)[C@@H]1C[C@@]2(CN1C(=O)[C@@H](NC(=O)[C@@H](NC(=O)[C@@H]1CCCCN1C(C)C)C1CCCCC1)C(C)(C)C)C(C)(C)C21CCC1)C(=O)NS(=O)(=O)C1CCC1. The third-order valence-corrected chi connectivity index (χ3v) is 18.9. The van der Waals surface area contributed by atoms with Gasteiger partial charge in [-0.05, 0) is 113 Å². The summed E-state index contributed by atoms with van der Waals surface area (Å²) in [6.45, 7) is 17.6. The summed E-state index contributed by atoms with van der Waals surface area (Å²) in [5.74, 6) is -2.28. The minimum atomic E-state index is -3.87. The number of carbonyl (C=O) groups is 5. The molecule has 2 saturated heterocycles. The zero-order chi connectivity index (χ0) is 42.9. The first-order valence-corrected chi connectivity index (χ1v) is 24.8. The molecule has 7 rings (SSSR count). The number of fused-ring (bicyclic) bond motifs is 1. The molecule has 2 aliphatic heterocycles. The predicted octanol–water partition coefficient (Wildman–Crippen LogP) is 4.93. The summed E-state index contributed by atoms with van der Waals surface area (Å²) in [5, 5.41) is 8.83. The quantitative estimate of drug-likeness (QED) is 0.202. The number of sulfonamides is 1. The molecule has 14 heteroatoms. The lowest BCUT2D eigenvalue weighted by Gasteiger charge is -2.40. The largest absolute Gasteiger partial charge is 0.343 e. The molecule has 0 unspecified atom stereocenters. The molecule has 0 aromatic heterocycles. The summed E-state index contributed by atoms with van der Waals surface area (Å²) < 4.78 is 28.5. The van der Waals surface area contributed by atoms with E-state index in [1.807, 2.05) is 27.7 Å². The first-order valence-electron chi connectivity index (χ1n) is 23.2. The average Bonchev–Trinajstić information content (AvgIpc) is 3.86. The fraction of sp³-hybridized carbons (Fsp3) is 0.889. The first-order chi connectivity index (χ1) is 27.7. The lowest BCUT2D eigenvalue weighted by Crippen LogP contribution is -2.63. The molecule has 0 aromatic carbocycles. The number of hydrogen-bond donors (Lipinski definition) is 4. The predicted molar refractivity (Wildman–Crippen MR) is 226 cm³/mol. The Bertz CT molecular complexity index is 1780. The molecule has 2 spiro atoms. The van der Waals surface area contributed by atoms with Crippen molar-refractivity contribution in [3.63, 3.8) is 0 Å². The van der Waals surface area contributed by atoms with Gasteiger partial charge in [-0.2, -0.15) is 0 Å². The highest BCUT2D eigenvalue weighted by Gasteiger charge is 2.85. The van der Waals surface area contributed by atoms with Crippen LogP contribution in [-0.2, 0) is 34.0 Å². The van der Waals surface area contributed by atoms with E-state index < -0.39 is 56.2 Å². The Hall–Kier alpha value is -2.74. The Balaban J connectivity index is 1.15. The summed E-state index contributed by atoms with van der Waals surface area (Å²) in [5.41, 5.74) is -2.54. The summed E-state index contributed by atoms with van der Waals surface area (Å²) >= 11 is 0. The molecule has 59 heavy (non-hydrogen) atoms. The van der Waals surface area contributed by atoms with Gasteiger partial charge in [0.15, 0.2) is 0 Å². The number of hydrogen-bond acceptors (Lipinski definition) is 8. The molecule has 0 aromatic rings. The van der Waals surface area contributed by atoms with Crippen LogP contribution in [0.15, 0.2) is 0 Å². The van der Waals surface area contributed by atoms with Crippen molar-refractivity contribution in [1.82, 2.24) is 30.5 Å². The molecule has 0 bridgehead atoms. The maximum Gasteiger partial charge on any atom is 0.259 e. The molecule has 7 atom stereocenters. The van der Waals surface area contributed by atoms with Gasteiger partial charge in [0.1, 0.15) is 23.7 Å². The van der Waals surface area contributed by atoms with Crippen LogP contribution in [0.5, 0.6) is 0 Å². The monoisotopic (exact) mass is 843 g/mol. The molecular weight excluding hydrogens is 769 g/mol. The molecule has 5 saturated carbocycles. The van der Waals surface area contributed by atoms with Crippen molar-refractivity contribution in [2.45, 2.75) is 206 Å². The van der Waals surface area contributed by atoms with Crippen molar-refractivity contribution >= 4 is 39.6 Å². The van der Waals surface area contributed by atoms with Crippen LogP contribution in [0.4, 0.5) is 0 Å². The van der Waals surface area contributed by atoms with Crippen molar-refractivity contribution in [3.05, 3.63) is 0 Å². The van der Waals surface area contributed by atoms with Gasteiger partial charge >= 0.3 is 0 Å². The van der Waals surface area contributed by atoms with Crippen LogP contribution >= 0.6 is 0 Å². The van der Waals surface area contributed by atoms with E-state index in [-0.39, 0.29) is 57.9 Å². The smallest absolute Gasteiger partial charge is 0.259 e. The van der Waals surface area contributed by atoms with Gasteiger partial charge in [-0.25, -0.2) is 8.42 Å². The van der Waals surface area contributed by atoms with Gasteiger partial charge in [-0.1, -0.05) is 86.5 Å². The molecule has 0 radical (unpaired) electrons.